The lowest BCUT2D eigenvalue weighted by molar-refractivity contribution is 0.236. The van der Waals surface area contributed by atoms with Gasteiger partial charge in [-0.15, -0.1) is 0 Å². The molecule has 0 aromatic heterocycles. The molecule has 8 nitrogen and oxygen atoms in total. The normalized spacial score (nSPS) is 32.5. The van der Waals surface area contributed by atoms with Gasteiger partial charge in [0, 0.05) is 0 Å². The summed E-state index contributed by atoms with van der Waals surface area (Å²) in [5.74, 6) is 0.838. The van der Waals surface area contributed by atoms with Crippen molar-refractivity contribution in [3.63, 3.8) is 0 Å². The van der Waals surface area contributed by atoms with Crippen molar-refractivity contribution in [2.24, 2.45) is 10.7 Å². The van der Waals surface area contributed by atoms with E-state index in [9.17, 15) is 9.59 Å². The van der Waals surface area contributed by atoms with Crippen LogP contribution in [0.1, 0.15) is 0 Å². The number of hydrogen-bond acceptors (Lipinski definition) is 4. The molecule has 8 heteroatoms. The fraction of sp³-hybridized carbons (Fsp3) is 0.500. The number of carbonyl (C=O) groups is 2. The Morgan fingerprint density at radius 2 is 2.00 bits per heavy atom. The SMILES string of the molecule is N=C1NC(=O)N2CC12.NC1=NC(=O)N2CC12. The van der Waals surface area contributed by atoms with E-state index in [0.29, 0.717) is 11.7 Å². The number of hydrogen-bond donors (Lipinski definition) is 3. The minimum absolute atomic E-state index is 0.111. The van der Waals surface area contributed by atoms with Crippen molar-refractivity contribution in [2.45, 2.75) is 12.1 Å². The molecule has 84 valence electrons. The van der Waals surface area contributed by atoms with E-state index in [4.69, 9.17) is 11.1 Å². The van der Waals surface area contributed by atoms with E-state index in [1.54, 1.807) is 9.80 Å². The number of nitrogens with two attached hydrogens (primary N) is 1. The van der Waals surface area contributed by atoms with Crippen molar-refractivity contribution in [2.75, 3.05) is 13.1 Å². The third-order valence-corrected chi connectivity index (χ3v) is 2.87. The van der Waals surface area contributed by atoms with Crippen LogP contribution in [-0.2, 0) is 0 Å². The lowest BCUT2D eigenvalue weighted by Gasteiger charge is -1.90. The number of aliphatic imine (C=N–C) groups is 1. The molecule has 3 saturated heterocycles. The maximum Gasteiger partial charge on any atom is 0.346 e. The number of urea groups is 2. The number of rotatable bonds is 0. The molecule has 4 aliphatic rings. The van der Waals surface area contributed by atoms with Gasteiger partial charge in [-0.2, -0.15) is 4.99 Å². The maximum atomic E-state index is 10.5. The van der Waals surface area contributed by atoms with Crippen LogP contribution in [0.5, 0.6) is 0 Å². The highest BCUT2D eigenvalue weighted by Crippen LogP contribution is 2.24. The second-order valence-electron chi connectivity index (χ2n) is 4.00. The number of nitrogens with zero attached hydrogens (tertiary/aromatic N) is 3. The number of carbonyl (C=O) groups excluding carboxylic acids is 2. The van der Waals surface area contributed by atoms with Crippen LogP contribution in [0.25, 0.3) is 0 Å². The molecule has 0 aromatic rings. The van der Waals surface area contributed by atoms with E-state index in [0.717, 1.165) is 13.1 Å². The molecule has 0 radical (unpaired) electrons. The van der Waals surface area contributed by atoms with Crippen LogP contribution in [0, 0.1) is 5.41 Å². The Morgan fingerprint density at radius 3 is 2.12 bits per heavy atom. The monoisotopic (exact) mass is 222 g/mol. The Labute approximate surface area is 90.6 Å². The molecule has 3 fully saturated rings. The summed E-state index contributed by atoms with van der Waals surface area (Å²) in [7, 11) is 0. The zero-order chi connectivity index (χ0) is 11.4. The van der Waals surface area contributed by atoms with Crippen LogP contribution in [0.4, 0.5) is 9.59 Å². The van der Waals surface area contributed by atoms with Gasteiger partial charge in [0.25, 0.3) is 0 Å². The highest BCUT2D eigenvalue weighted by Gasteiger charge is 2.48. The number of amidine groups is 2. The number of amides is 4. The molecule has 2 unspecified atom stereocenters. The Morgan fingerprint density at radius 1 is 1.31 bits per heavy atom. The van der Waals surface area contributed by atoms with Crippen LogP contribution in [0.3, 0.4) is 0 Å². The Hall–Kier alpha value is -2.12. The quantitative estimate of drug-likeness (QED) is 0.435. The van der Waals surface area contributed by atoms with Gasteiger partial charge in [0.2, 0.25) is 0 Å². The van der Waals surface area contributed by atoms with Crippen molar-refractivity contribution in [3.05, 3.63) is 0 Å². The van der Waals surface area contributed by atoms with E-state index in [2.05, 4.69) is 10.3 Å². The standard InChI is InChI=1S/2C4H5N3O/c2*5-3-2-1-7(2)4(8)6-3/h2*2H,1H2,(H2,5,6,8). The Bertz CT molecular complexity index is 426. The third kappa shape index (κ3) is 1.23. The van der Waals surface area contributed by atoms with Crippen molar-refractivity contribution in [1.29, 1.82) is 5.41 Å². The molecule has 16 heavy (non-hydrogen) atoms. The van der Waals surface area contributed by atoms with Gasteiger partial charge in [0.05, 0.1) is 13.1 Å². The van der Waals surface area contributed by atoms with Gasteiger partial charge in [-0.1, -0.05) is 0 Å². The van der Waals surface area contributed by atoms with Crippen LogP contribution in [-0.4, -0.2) is 58.7 Å². The first kappa shape index (κ1) is 9.13. The summed E-state index contributed by atoms with van der Waals surface area (Å²) < 4.78 is 0. The van der Waals surface area contributed by atoms with Gasteiger partial charge >= 0.3 is 12.1 Å². The molecule has 0 bridgehead atoms. The molecule has 4 N–H and O–H groups in total. The fourth-order valence-electron chi connectivity index (χ4n) is 1.73. The number of nitrogens with one attached hydrogen (secondary N) is 2. The Kier molecular flexibility index (Phi) is 1.55. The van der Waals surface area contributed by atoms with Gasteiger partial charge in [-0.3, -0.25) is 10.7 Å². The van der Waals surface area contributed by atoms with Crippen molar-refractivity contribution in [1.82, 2.24) is 15.1 Å². The van der Waals surface area contributed by atoms with Crippen LogP contribution in [0.2, 0.25) is 0 Å². The summed E-state index contributed by atoms with van der Waals surface area (Å²) in [6.45, 7) is 1.54. The topological polar surface area (TPSA) is 114 Å². The molecule has 4 amide bonds. The highest BCUT2D eigenvalue weighted by atomic mass is 16.2. The molecule has 2 atom stereocenters. The van der Waals surface area contributed by atoms with Crippen LogP contribution in [0.15, 0.2) is 4.99 Å². The third-order valence-electron chi connectivity index (χ3n) is 2.87. The van der Waals surface area contributed by atoms with Gasteiger partial charge in [-0.05, 0) is 0 Å². The van der Waals surface area contributed by atoms with E-state index < -0.39 is 0 Å². The average Bonchev–Trinajstić information content (AvgIpc) is 3.11. The molecule has 4 aliphatic heterocycles. The highest BCUT2D eigenvalue weighted by molar-refractivity contribution is 6.09. The lowest BCUT2D eigenvalue weighted by atomic mass is 10.4. The van der Waals surface area contributed by atoms with E-state index in [1.807, 2.05) is 0 Å². The predicted molar refractivity (Wildman–Crippen MR) is 54.3 cm³/mol. The zero-order valence-corrected chi connectivity index (χ0v) is 8.30. The van der Waals surface area contributed by atoms with Crippen molar-refractivity contribution in [3.8, 4) is 0 Å². The first-order valence-corrected chi connectivity index (χ1v) is 4.88. The van der Waals surface area contributed by atoms with E-state index in [1.165, 1.54) is 0 Å². The summed E-state index contributed by atoms with van der Waals surface area (Å²) in [6.07, 6.45) is 0. The van der Waals surface area contributed by atoms with Gasteiger partial charge in [-0.25, -0.2) is 9.59 Å². The molecular formula is C8H10N6O2. The second kappa shape index (κ2) is 2.71. The summed E-state index contributed by atoms with van der Waals surface area (Å²) in [4.78, 5) is 27.7. The fourth-order valence-corrected chi connectivity index (χ4v) is 1.73. The smallest absolute Gasteiger partial charge is 0.346 e. The van der Waals surface area contributed by atoms with E-state index >= 15 is 0 Å². The van der Waals surface area contributed by atoms with Crippen molar-refractivity contribution >= 4 is 23.7 Å². The maximum absolute atomic E-state index is 10.5. The summed E-state index contributed by atoms with van der Waals surface area (Å²) >= 11 is 0. The Balaban J connectivity index is 0.000000101. The number of fused-ring (bicyclic) bond motifs is 2. The molecule has 4 rings (SSSR count). The molecule has 4 heterocycles. The molecule has 0 saturated carbocycles. The van der Waals surface area contributed by atoms with Crippen LogP contribution >= 0.6 is 0 Å². The average molecular weight is 222 g/mol. The molecule has 0 aromatic carbocycles. The molecule has 0 aliphatic carbocycles. The largest absolute Gasteiger partial charge is 0.385 e. The van der Waals surface area contributed by atoms with Crippen molar-refractivity contribution < 1.29 is 9.59 Å². The summed E-state index contributed by atoms with van der Waals surface area (Å²) in [5.41, 5.74) is 5.30. The van der Waals surface area contributed by atoms with Gasteiger partial charge < -0.3 is 15.5 Å². The minimum atomic E-state index is -0.174. The molecule has 0 spiro atoms. The zero-order valence-electron chi connectivity index (χ0n) is 8.30. The first-order valence-electron chi connectivity index (χ1n) is 4.88. The first-order chi connectivity index (χ1) is 7.58. The minimum Gasteiger partial charge on any atom is -0.385 e. The van der Waals surface area contributed by atoms with Gasteiger partial charge in [0.15, 0.2) is 0 Å². The second-order valence-corrected chi connectivity index (χ2v) is 4.00. The van der Waals surface area contributed by atoms with E-state index in [-0.39, 0.29) is 24.1 Å². The lowest BCUT2D eigenvalue weighted by Crippen LogP contribution is -2.26. The molecular weight excluding hydrogens is 212 g/mol. The summed E-state index contributed by atoms with van der Waals surface area (Å²) in [6, 6.07) is -0.00231. The van der Waals surface area contributed by atoms with Crippen LogP contribution < -0.4 is 11.1 Å². The summed E-state index contributed by atoms with van der Waals surface area (Å²) in [5, 5.41) is 9.44. The predicted octanol–water partition coefficient (Wildman–Crippen LogP) is -1.47. The van der Waals surface area contributed by atoms with Gasteiger partial charge in [0.1, 0.15) is 23.8 Å².